The van der Waals surface area contributed by atoms with Crippen LogP contribution in [0.15, 0.2) is 18.3 Å². The van der Waals surface area contributed by atoms with Crippen LogP contribution in [0.2, 0.25) is 0 Å². The van der Waals surface area contributed by atoms with Gasteiger partial charge in [-0.3, -0.25) is 9.78 Å². The van der Waals surface area contributed by atoms with E-state index in [0.29, 0.717) is 18.9 Å². The van der Waals surface area contributed by atoms with Gasteiger partial charge >= 0.3 is 0 Å². The first-order valence-corrected chi connectivity index (χ1v) is 6.12. The lowest BCUT2D eigenvalue weighted by Crippen LogP contribution is -2.25. The summed E-state index contributed by atoms with van der Waals surface area (Å²) in [6, 6.07) is 4.01. The molecule has 1 unspecified atom stereocenters. The summed E-state index contributed by atoms with van der Waals surface area (Å²) in [7, 11) is 0. The quantitative estimate of drug-likeness (QED) is 0.810. The maximum absolute atomic E-state index is 11.7. The van der Waals surface area contributed by atoms with Gasteiger partial charge in [0.05, 0.1) is 12.2 Å². The van der Waals surface area contributed by atoms with Crippen LogP contribution in [0.5, 0.6) is 0 Å². The molecule has 86 valence electrons. The molecule has 3 nitrogen and oxygen atoms in total. The number of thiol groups is 1. The van der Waals surface area contributed by atoms with Crippen molar-refractivity contribution in [2.24, 2.45) is 5.92 Å². The number of amides is 1. The van der Waals surface area contributed by atoms with Gasteiger partial charge in [0.1, 0.15) is 0 Å². The molecule has 1 saturated heterocycles. The van der Waals surface area contributed by atoms with Gasteiger partial charge in [0, 0.05) is 19.2 Å². The van der Waals surface area contributed by atoms with Gasteiger partial charge in [-0.15, -0.1) is 0 Å². The highest BCUT2D eigenvalue weighted by Gasteiger charge is 2.28. The van der Waals surface area contributed by atoms with Crippen LogP contribution >= 0.6 is 12.6 Å². The summed E-state index contributed by atoms with van der Waals surface area (Å²) in [5.74, 6) is 1.41. The zero-order valence-corrected chi connectivity index (χ0v) is 10.3. The fraction of sp³-hybridized carbons (Fsp3) is 0.500. The SMILES string of the molecule is Cc1ccc(CN2CC(CS)CC2=O)nc1. The summed E-state index contributed by atoms with van der Waals surface area (Å²) in [5, 5.41) is 0. The average Bonchev–Trinajstić information content (AvgIpc) is 2.63. The Morgan fingerprint density at radius 1 is 1.56 bits per heavy atom. The number of nitrogens with zero attached hydrogens (tertiary/aromatic N) is 2. The molecule has 1 fully saturated rings. The van der Waals surface area contributed by atoms with Crippen LogP contribution in [0.25, 0.3) is 0 Å². The second-order valence-electron chi connectivity index (χ2n) is 4.35. The van der Waals surface area contributed by atoms with Crippen molar-refractivity contribution in [2.75, 3.05) is 12.3 Å². The molecule has 1 amide bonds. The molecule has 0 saturated carbocycles. The van der Waals surface area contributed by atoms with Gasteiger partial charge in [0.15, 0.2) is 0 Å². The maximum Gasteiger partial charge on any atom is 0.223 e. The van der Waals surface area contributed by atoms with E-state index in [1.165, 1.54) is 0 Å². The second kappa shape index (κ2) is 4.87. The molecule has 0 radical (unpaired) electrons. The highest BCUT2D eigenvalue weighted by atomic mass is 32.1. The molecule has 1 aliphatic rings. The number of hydrogen-bond donors (Lipinski definition) is 1. The van der Waals surface area contributed by atoms with Gasteiger partial charge in [-0.2, -0.15) is 12.6 Å². The molecule has 0 aliphatic carbocycles. The third kappa shape index (κ3) is 2.55. The van der Waals surface area contributed by atoms with E-state index < -0.39 is 0 Å². The van der Waals surface area contributed by atoms with Crippen molar-refractivity contribution in [1.82, 2.24) is 9.88 Å². The monoisotopic (exact) mass is 236 g/mol. The molecule has 1 aromatic heterocycles. The lowest BCUT2D eigenvalue weighted by atomic mass is 10.1. The summed E-state index contributed by atoms with van der Waals surface area (Å²) >= 11 is 4.24. The third-order valence-corrected chi connectivity index (χ3v) is 3.39. The molecule has 0 spiro atoms. The normalized spacial score (nSPS) is 20.5. The van der Waals surface area contributed by atoms with Crippen LogP contribution < -0.4 is 0 Å². The lowest BCUT2D eigenvalue weighted by Gasteiger charge is -2.15. The van der Waals surface area contributed by atoms with Crippen molar-refractivity contribution in [1.29, 1.82) is 0 Å². The third-order valence-electron chi connectivity index (χ3n) is 2.88. The summed E-state index contributed by atoms with van der Waals surface area (Å²) in [6.45, 7) is 3.45. The van der Waals surface area contributed by atoms with Gasteiger partial charge in [-0.1, -0.05) is 6.07 Å². The number of carbonyl (C=O) groups is 1. The maximum atomic E-state index is 11.7. The highest BCUT2D eigenvalue weighted by Crippen LogP contribution is 2.20. The number of aromatic nitrogens is 1. The minimum atomic E-state index is 0.224. The summed E-state index contributed by atoms with van der Waals surface area (Å²) < 4.78 is 0. The average molecular weight is 236 g/mol. The Labute approximate surface area is 101 Å². The first kappa shape index (κ1) is 11.5. The van der Waals surface area contributed by atoms with Gasteiger partial charge in [-0.05, 0) is 30.2 Å². The van der Waals surface area contributed by atoms with E-state index in [-0.39, 0.29) is 5.91 Å². The Morgan fingerprint density at radius 2 is 2.38 bits per heavy atom. The Balaban J connectivity index is 2.00. The fourth-order valence-corrected chi connectivity index (χ4v) is 2.16. The van der Waals surface area contributed by atoms with Crippen molar-refractivity contribution >= 4 is 18.5 Å². The van der Waals surface area contributed by atoms with Crippen LogP contribution in [-0.2, 0) is 11.3 Å². The molecule has 1 aromatic rings. The molecule has 4 heteroatoms. The second-order valence-corrected chi connectivity index (χ2v) is 4.72. The number of carbonyl (C=O) groups excluding carboxylic acids is 1. The van der Waals surface area contributed by atoms with Crippen molar-refractivity contribution in [2.45, 2.75) is 19.9 Å². The molecule has 1 aliphatic heterocycles. The Hall–Kier alpha value is -1.03. The zero-order chi connectivity index (χ0) is 11.5. The van der Waals surface area contributed by atoms with E-state index in [0.717, 1.165) is 23.6 Å². The molecule has 16 heavy (non-hydrogen) atoms. The predicted octanol–water partition coefficient (Wildman–Crippen LogP) is 1.67. The molecular formula is C12H16N2OS. The number of rotatable bonds is 3. The Bertz CT molecular complexity index is 377. The van der Waals surface area contributed by atoms with Crippen LogP contribution in [0, 0.1) is 12.8 Å². The van der Waals surface area contributed by atoms with Crippen LogP contribution in [0.3, 0.4) is 0 Å². The Kier molecular flexibility index (Phi) is 3.49. The van der Waals surface area contributed by atoms with Gasteiger partial charge < -0.3 is 4.90 Å². The van der Waals surface area contributed by atoms with Crippen molar-refractivity contribution in [3.8, 4) is 0 Å². The highest BCUT2D eigenvalue weighted by molar-refractivity contribution is 7.80. The standard InChI is InChI=1S/C12H16N2OS/c1-9-2-3-11(13-5-9)7-14-6-10(8-16)4-12(14)15/h2-3,5,10,16H,4,6-8H2,1H3. The molecule has 2 rings (SSSR count). The number of hydrogen-bond acceptors (Lipinski definition) is 3. The minimum Gasteiger partial charge on any atom is -0.336 e. The molecule has 1 atom stereocenters. The van der Waals surface area contributed by atoms with Crippen molar-refractivity contribution in [3.05, 3.63) is 29.6 Å². The summed E-state index contributed by atoms with van der Waals surface area (Å²) in [6.07, 6.45) is 2.47. The first-order chi connectivity index (χ1) is 7.69. The molecule has 0 bridgehead atoms. The van der Waals surface area contributed by atoms with Gasteiger partial charge in [-0.25, -0.2) is 0 Å². The van der Waals surface area contributed by atoms with Crippen LogP contribution in [0.4, 0.5) is 0 Å². The van der Waals surface area contributed by atoms with Crippen molar-refractivity contribution in [3.63, 3.8) is 0 Å². The lowest BCUT2D eigenvalue weighted by molar-refractivity contribution is -0.128. The van der Waals surface area contributed by atoms with E-state index in [1.54, 1.807) is 0 Å². The van der Waals surface area contributed by atoms with Crippen LogP contribution in [-0.4, -0.2) is 28.1 Å². The van der Waals surface area contributed by atoms with E-state index in [4.69, 9.17) is 0 Å². The number of likely N-dealkylation sites (tertiary alicyclic amines) is 1. The van der Waals surface area contributed by atoms with E-state index in [2.05, 4.69) is 17.6 Å². The van der Waals surface area contributed by atoms with E-state index >= 15 is 0 Å². The number of aryl methyl sites for hydroxylation is 1. The largest absolute Gasteiger partial charge is 0.336 e. The van der Waals surface area contributed by atoms with Crippen LogP contribution in [0.1, 0.15) is 17.7 Å². The van der Waals surface area contributed by atoms with Crippen molar-refractivity contribution < 1.29 is 4.79 Å². The van der Waals surface area contributed by atoms with E-state index in [1.807, 2.05) is 30.2 Å². The van der Waals surface area contributed by atoms with Gasteiger partial charge in [0.2, 0.25) is 5.91 Å². The summed E-state index contributed by atoms with van der Waals surface area (Å²) in [4.78, 5) is 17.9. The smallest absolute Gasteiger partial charge is 0.223 e. The Morgan fingerprint density at radius 3 is 2.94 bits per heavy atom. The fourth-order valence-electron chi connectivity index (χ4n) is 1.92. The number of pyridine rings is 1. The zero-order valence-electron chi connectivity index (χ0n) is 9.39. The predicted molar refractivity (Wildman–Crippen MR) is 66.4 cm³/mol. The van der Waals surface area contributed by atoms with E-state index in [9.17, 15) is 4.79 Å². The topological polar surface area (TPSA) is 33.2 Å². The summed E-state index contributed by atoms with van der Waals surface area (Å²) in [5.41, 5.74) is 2.10. The molecule has 0 aromatic carbocycles. The van der Waals surface area contributed by atoms with Gasteiger partial charge in [0.25, 0.3) is 0 Å². The minimum absolute atomic E-state index is 0.224. The molecule has 2 heterocycles. The molecule has 0 N–H and O–H groups in total. The molecular weight excluding hydrogens is 220 g/mol. The first-order valence-electron chi connectivity index (χ1n) is 5.49.